The molecular formula is C24H25NO5. The van der Waals surface area contributed by atoms with Crippen LogP contribution in [0.2, 0.25) is 0 Å². The summed E-state index contributed by atoms with van der Waals surface area (Å²) < 4.78 is 11.1. The number of nitrogens with zero attached hydrogens (tertiary/aromatic N) is 1. The molecule has 2 aliphatic heterocycles. The zero-order chi connectivity index (χ0) is 21.3. The van der Waals surface area contributed by atoms with Crippen molar-refractivity contribution < 1.29 is 24.2 Å². The number of amides is 1. The number of likely N-dealkylation sites (tertiary alicyclic amines) is 1. The molecule has 6 nitrogen and oxygen atoms in total. The van der Waals surface area contributed by atoms with Crippen molar-refractivity contribution in [2.24, 2.45) is 0 Å². The lowest BCUT2D eigenvalue weighted by atomic mass is 9.94. The lowest BCUT2D eigenvalue weighted by Gasteiger charge is -2.25. The fraction of sp³-hybridized carbons (Fsp3) is 0.333. The van der Waals surface area contributed by atoms with Crippen LogP contribution in [0, 0.1) is 0 Å². The van der Waals surface area contributed by atoms with Crippen LogP contribution in [-0.4, -0.2) is 41.5 Å². The summed E-state index contributed by atoms with van der Waals surface area (Å²) in [5, 5.41) is 11.1. The van der Waals surface area contributed by atoms with Gasteiger partial charge in [-0.3, -0.25) is 9.59 Å². The predicted octanol–water partition coefficient (Wildman–Crippen LogP) is 3.85. The summed E-state index contributed by atoms with van der Waals surface area (Å²) in [5.74, 6) is 0.0402. The third-order valence-electron chi connectivity index (χ3n) is 5.45. The number of aliphatic hydroxyl groups is 1. The van der Waals surface area contributed by atoms with Gasteiger partial charge in [0.15, 0.2) is 0 Å². The Kier molecular flexibility index (Phi) is 5.48. The maximum absolute atomic E-state index is 13.0. The van der Waals surface area contributed by atoms with Crippen LogP contribution in [0.1, 0.15) is 43.0 Å². The highest BCUT2D eigenvalue weighted by atomic mass is 16.5. The third kappa shape index (κ3) is 3.43. The largest absolute Gasteiger partial charge is 0.507 e. The van der Waals surface area contributed by atoms with Crippen LogP contribution in [0.15, 0.2) is 48.0 Å². The Hall–Kier alpha value is -3.28. The fourth-order valence-electron chi connectivity index (χ4n) is 4.13. The summed E-state index contributed by atoms with van der Waals surface area (Å²) >= 11 is 0. The van der Waals surface area contributed by atoms with E-state index in [4.69, 9.17) is 9.47 Å². The minimum atomic E-state index is -0.662. The van der Waals surface area contributed by atoms with Crippen molar-refractivity contribution in [1.29, 1.82) is 0 Å². The molecule has 1 fully saturated rings. The van der Waals surface area contributed by atoms with Gasteiger partial charge in [0.1, 0.15) is 17.3 Å². The molecule has 0 aliphatic carbocycles. The highest BCUT2D eigenvalue weighted by Gasteiger charge is 2.45. The first-order chi connectivity index (χ1) is 14.5. The molecule has 2 aromatic carbocycles. The van der Waals surface area contributed by atoms with Gasteiger partial charge in [0.05, 0.1) is 24.8 Å². The molecule has 0 aromatic heterocycles. The quantitative estimate of drug-likeness (QED) is 0.447. The molecule has 1 amide bonds. The van der Waals surface area contributed by atoms with E-state index in [0.29, 0.717) is 37.5 Å². The monoisotopic (exact) mass is 407 g/mol. The van der Waals surface area contributed by atoms with Gasteiger partial charge in [0.2, 0.25) is 0 Å². The Morgan fingerprint density at radius 2 is 2.03 bits per heavy atom. The molecule has 2 aliphatic rings. The number of rotatable bonds is 6. The summed E-state index contributed by atoms with van der Waals surface area (Å²) in [6.45, 7) is 5.38. The van der Waals surface area contributed by atoms with E-state index in [2.05, 4.69) is 0 Å². The van der Waals surface area contributed by atoms with Gasteiger partial charge in [0, 0.05) is 18.5 Å². The highest BCUT2D eigenvalue weighted by molar-refractivity contribution is 6.46. The van der Waals surface area contributed by atoms with Gasteiger partial charge in [-0.15, -0.1) is 0 Å². The first-order valence-electron chi connectivity index (χ1n) is 10.3. The molecule has 1 N–H and O–H groups in total. The fourth-order valence-corrected chi connectivity index (χ4v) is 4.13. The van der Waals surface area contributed by atoms with Gasteiger partial charge >= 0.3 is 0 Å². The second-order valence-electron chi connectivity index (χ2n) is 7.42. The van der Waals surface area contributed by atoms with Crippen molar-refractivity contribution in [3.05, 3.63) is 64.7 Å². The molecule has 0 saturated carbocycles. The number of hydrogen-bond acceptors (Lipinski definition) is 5. The van der Waals surface area contributed by atoms with E-state index in [1.165, 1.54) is 4.90 Å². The van der Waals surface area contributed by atoms with Crippen molar-refractivity contribution >= 4 is 17.4 Å². The number of aliphatic hydroxyl groups excluding tert-OH is 1. The molecule has 4 rings (SSSR count). The lowest BCUT2D eigenvalue weighted by Crippen LogP contribution is -2.30. The highest BCUT2D eigenvalue weighted by Crippen LogP contribution is 2.41. The van der Waals surface area contributed by atoms with E-state index in [1.807, 2.05) is 44.2 Å². The van der Waals surface area contributed by atoms with Gasteiger partial charge in [-0.1, -0.05) is 19.1 Å². The van der Waals surface area contributed by atoms with E-state index in [-0.39, 0.29) is 11.3 Å². The molecule has 0 spiro atoms. The first-order valence-corrected chi connectivity index (χ1v) is 10.3. The molecule has 0 bridgehead atoms. The second-order valence-corrected chi connectivity index (χ2v) is 7.42. The number of carbonyl (C=O) groups excluding carboxylic acids is 2. The number of hydrogen-bond donors (Lipinski definition) is 1. The molecule has 30 heavy (non-hydrogen) atoms. The Balaban J connectivity index is 1.84. The Bertz CT molecular complexity index is 1030. The summed E-state index contributed by atoms with van der Waals surface area (Å²) in [5.41, 5.74) is 2.34. The van der Waals surface area contributed by atoms with Crippen LogP contribution in [0.5, 0.6) is 11.5 Å². The summed E-state index contributed by atoms with van der Waals surface area (Å²) in [4.78, 5) is 27.3. The topological polar surface area (TPSA) is 76.1 Å². The predicted molar refractivity (Wildman–Crippen MR) is 113 cm³/mol. The first kappa shape index (κ1) is 20.0. The van der Waals surface area contributed by atoms with Crippen LogP contribution in [-0.2, 0) is 16.0 Å². The lowest BCUT2D eigenvalue weighted by molar-refractivity contribution is -0.139. The minimum absolute atomic E-state index is 0.112. The zero-order valence-electron chi connectivity index (χ0n) is 17.2. The standard InChI is InChI=1S/C24H25NO5/c1-3-11-25-21(16-6-5-7-18(14-16)29-4-2)20(23(27)24(25)28)22(26)17-8-9-19-15(13-17)10-12-30-19/h5-9,13-14,21,26H,3-4,10-12H2,1-2H3/b22-20-. The van der Waals surface area contributed by atoms with Crippen LogP contribution >= 0.6 is 0 Å². The van der Waals surface area contributed by atoms with Gasteiger partial charge in [-0.2, -0.15) is 0 Å². The van der Waals surface area contributed by atoms with Crippen molar-refractivity contribution in [2.45, 2.75) is 32.7 Å². The molecule has 1 saturated heterocycles. The van der Waals surface area contributed by atoms with E-state index in [1.54, 1.807) is 12.1 Å². The van der Waals surface area contributed by atoms with Crippen molar-refractivity contribution in [3.63, 3.8) is 0 Å². The molecule has 0 radical (unpaired) electrons. The van der Waals surface area contributed by atoms with Gasteiger partial charge in [-0.25, -0.2) is 0 Å². The minimum Gasteiger partial charge on any atom is -0.507 e. The van der Waals surface area contributed by atoms with Crippen molar-refractivity contribution in [3.8, 4) is 11.5 Å². The van der Waals surface area contributed by atoms with E-state index in [9.17, 15) is 14.7 Å². The van der Waals surface area contributed by atoms with Gasteiger partial charge in [-0.05, 0) is 54.8 Å². The summed E-state index contributed by atoms with van der Waals surface area (Å²) in [6.07, 6.45) is 1.45. The van der Waals surface area contributed by atoms with Crippen molar-refractivity contribution in [1.82, 2.24) is 4.90 Å². The summed E-state index contributed by atoms with van der Waals surface area (Å²) in [7, 11) is 0. The molecule has 2 heterocycles. The maximum Gasteiger partial charge on any atom is 0.295 e. The normalized spacial score (nSPS) is 19.7. The smallest absolute Gasteiger partial charge is 0.295 e. The Labute approximate surface area is 175 Å². The van der Waals surface area contributed by atoms with Crippen LogP contribution in [0.4, 0.5) is 0 Å². The number of carbonyl (C=O) groups is 2. The number of ketones is 1. The van der Waals surface area contributed by atoms with E-state index in [0.717, 1.165) is 23.3 Å². The molecular weight excluding hydrogens is 382 g/mol. The Morgan fingerprint density at radius 1 is 1.20 bits per heavy atom. The number of ether oxygens (including phenoxy) is 2. The van der Waals surface area contributed by atoms with E-state index < -0.39 is 17.7 Å². The van der Waals surface area contributed by atoms with Crippen LogP contribution in [0.3, 0.4) is 0 Å². The molecule has 1 unspecified atom stereocenters. The van der Waals surface area contributed by atoms with E-state index >= 15 is 0 Å². The maximum atomic E-state index is 13.0. The second kappa shape index (κ2) is 8.22. The number of benzene rings is 2. The molecule has 2 aromatic rings. The molecule has 156 valence electrons. The van der Waals surface area contributed by atoms with Gasteiger partial charge in [0.25, 0.3) is 11.7 Å². The number of Topliss-reactive ketones (excluding diaryl/α,β-unsaturated/α-hetero) is 1. The molecule has 1 atom stereocenters. The third-order valence-corrected chi connectivity index (χ3v) is 5.45. The SMILES string of the molecule is CCCN1C(=O)C(=O)/C(=C(\O)c2ccc3c(c2)CCO3)C1c1cccc(OCC)c1. The van der Waals surface area contributed by atoms with Crippen LogP contribution < -0.4 is 9.47 Å². The average molecular weight is 407 g/mol. The van der Waals surface area contributed by atoms with Crippen LogP contribution in [0.25, 0.3) is 5.76 Å². The Morgan fingerprint density at radius 3 is 2.80 bits per heavy atom. The summed E-state index contributed by atoms with van der Waals surface area (Å²) in [6, 6.07) is 12.0. The zero-order valence-corrected chi connectivity index (χ0v) is 17.2. The van der Waals surface area contributed by atoms with Gasteiger partial charge < -0.3 is 19.5 Å². The molecule has 6 heteroatoms. The average Bonchev–Trinajstić information content (AvgIpc) is 3.32. The van der Waals surface area contributed by atoms with Crippen molar-refractivity contribution in [2.75, 3.05) is 19.8 Å². The number of fused-ring (bicyclic) bond motifs is 1.